The fourth-order valence-electron chi connectivity index (χ4n) is 1.63. The maximum Gasteiger partial charge on any atom is 0.283 e. The van der Waals surface area contributed by atoms with Crippen LogP contribution in [-0.2, 0) is 4.79 Å². The van der Waals surface area contributed by atoms with Gasteiger partial charge in [0.2, 0.25) is 0 Å². The molecule has 0 radical (unpaired) electrons. The van der Waals surface area contributed by atoms with E-state index in [0.717, 1.165) is 16.6 Å². The molecule has 0 atom stereocenters. The lowest BCUT2D eigenvalue weighted by molar-refractivity contribution is -0.111. The molecule has 1 aromatic carbocycles. The van der Waals surface area contributed by atoms with Gasteiger partial charge in [0.1, 0.15) is 0 Å². The first-order valence-electron chi connectivity index (χ1n) is 5.03. The first kappa shape index (κ1) is 10.4. The fourth-order valence-corrected chi connectivity index (χ4v) is 1.63. The Morgan fingerprint density at radius 1 is 1.38 bits per heavy atom. The van der Waals surface area contributed by atoms with Crippen molar-refractivity contribution in [2.45, 2.75) is 13.8 Å². The number of amides is 1. The van der Waals surface area contributed by atoms with E-state index in [9.17, 15) is 4.79 Å². The van der Waals surface area contributed by atoms with Gasteiger partial charge in [0.25, 0.3) is 5.91 Å². The topological polar surface area (TPSA) is 57.9 Å². The second kappa shape index (κ2) is 3.81. The molecule has 0 saturated carbocycles. The van der Waals surface area contributed by atoms with E-state index in [0.29, 0.717) is 0 Å². The van der Waals surface area contributed by atoms with Crippen molar-refractivity contribution in [1.82, 2.24) is 4.68 Å². The van der Waals surface area contributed by atoms with E-state index in [1.807, 2.05) is 37.3 Å². The highest BCUT2D eigenvalue weighted by Crippen LogP contribution is 2.17. The molecule has 16 heavy (non-hydrogen) atoms. The van der Waals surface area contributed by atoms with Gasteiger partial charge in [-0.1, -0.05) is 18.2 Å². The molecule has 1 heterocycles. The molecule has 0 unspecified atom stereocenters. The van der Waals surface area contributed by atoms with Gasteiger partial charge >= 0.3 is 0 Å². The van der Waals surface area contributed by atoms with Gasteiger partial charge in [-0.15, -0.1) is 0 Å². The van der Waals surface area contributed by atoms with Crippen LogP contribution in [0.3, 0.4) is 0 Å². The molecule has 2 aromatic rings. The van der Waals surface area contributed by atoms with E-state index >= 15 is 0 Å². The molecule has 0 aliphatic carbocycles. The molecule has 4 heteroatoms. The molecule has 0 aliphatic heterocycles. The molecule has 0 aliphatic rings. The third-order valence-electron chi connectivity index (χ3n) is 2.45. The molecule has 0 saturated heterocycles. The third-order valence-corrected chi connectivity index (χ3v) is 2.45. The minimum atomic E-state index is -0.385. The highest BCUT2D eigenvalue weighted by molar-refractivity contribution is 6.39. The van der Waals surface area contributed by atoms with Crippen molar-refractivity contribution in [2.24, 2.45) is 0 Å². The van der Waals surface area contributed by atoms with Crippen LogP contribution in [0.25, 0.3) is 10.9 Å². The van der Waals surface area contributed by atoms with E-state index in [1.54, 1.807) is 4.68 Å². The Bertz CT molecular complexity index is 569. The van der Waals surface area contributed by atoms with Gasteiger partial charge in [-0.25, -0.2) is 0 Å². The number of hydrogen-bond acceptors (Lipinski definition) is 2. The standard InChI is InChI=1S/C12H13N3O/c1-8-7-10-5-3-4-6-11(10)15(8)14-12(16)9(2)13/h3-7,13H,1-2H3,(H,14,16). The van der Waals surface area contributed by atoms with E-state index in [-0.39, 0.29) is 11.6 Å². The molecule has 2 rings (SSSR count). The summed E-state index contributed by atoms with van der Waals surface area (Å²) in [7, 11) is 0. The number of benzene rings is 1. The predicted octanol–water partition coefficient (Wildman–Crippen LogP) is 2.06. The normalized spacial score (nSPS) is 10.4. The van der Waals surface area contributed by atoms with Crippen LogP contribution in [0.4, 0.5) is 0 Å². The summed E-state index contributed by atoms with van der Waals surface area (Å²) in [5, 5.41) is 8.33. The average molecular weight is 215 g/mol. The van der Waals surface area contributed by atoms with Crippen LogP contribution < -0.4 is 5.43 Å². The summed E-state index contributed by atoms with van der Waals surface area (Å²) in [6, 6.07) is 9.79. The molecule has 1 aromatic heterocycles. The molecule has 1 amide bonds. The summed E-state index contributed by atoms with van der Waals surface area (Å²) in [6.07, 6.45) is 0. The first-order valence-corrected chi connectivity index (χ1v) is 5.03. The Kier molecular flexibility index (Phi) is 2.48. The largest absolute Gasteiger partial charge is 0.300 e. The average Bonchev–Trinajstić information content (AvgIpc) is 2.55. The Morgan fingerprint density at radius 2 is 2.06 bits per heavy atom. The Morgan fingerprint density at radius 3 is 2.75 bits per heavy atom. The first-order chi connectivity index (χ1) is 7.59. The number of aromatic nitrogens is 1. The number of carbonyl (C=O) groups excluding carboxylic acids is 1. The van der Waals surface area contributed by atoms with Gasteiger partial charge in [0, 0.05) is 11.1 Å². The molecular formula is C12H13N3O. The predicted molar refractivity (Wildman–Crippen MR) is 64.4 cm³/mol. The number of carbonyl (C=O) groups is 1. The zero-order chi connectivity index (χ0) is 11.7. The summed E-state index contributed by atoms with van der Waals surface area (Å²) in [4.78, 5) is 11.4. The third kappa shape index (κ3) is 1.69. The van der Waals surface area contributed by atoms with Crippen LogP contribution in [0, 0.1) is 12.3 Å². The fraction of sp³-hybridized carbons (Fsp3) is 0.167. The molecule has 0 bridgehead atoms. The molecule has 4 nitrogen and oxygen atoms in total. The Balaban J connectivity index is 2.47. The Labute approximate surface area is 93.4 Å². The van der Waals surface area contributed by atoms with Crippen LogP contribution in [0.15, 0.2) is 30.3 Å². The minimum absolute atomic E-state index is 0.00261. The van der Waals surface area contributed by atoms with E-state index in [4.69, 9.17) is 5.41 Å². The molecule has 82 valence electrons. The number of nitrogens with zero attached hydrogens (tertiary/aromatic N) is 1. The highest BCUT2D eigenvalue weighted by atomic mass is 16.2. The number of aryl methyl sites for hydroxylation is 1. The van der Waals surface area contributed by atoms with Crippen molar-refractivity contribution in [1.29, 1.82) is 5.41 Å². The summed E-state index contributed by atoms with van der Waals surface area (Å²) in [5.74, 6) is -0.385. The summed E-state index contributed by atoms with van der Waals surface area (Å²) < 4.78 is 1.70. The molecule has 0 spiro atoms. The molecule has 2 N–H and O–H groups in total. The van der Waals surface area contributed by atoms with Crippen molar-refractivity contribution in [3.63, 3.8) is 0 Å². The second-order valence-corrected chi connectivity index (χ2v) is 3.75. The number of fused-ring (bicyclic) bond motifs is 1. The second-order valence-electron chi connectivity index (χ2n) is 3.75. The van der Waals surface area contributed by atoms with Gasteiger partial charge in [0.15, 0.2) is 0 Å². The maximum atomic E-state index is 11.4. The Hall–Kier alpha value is -2.10. The lowest BCUT2D eigenvalue weighted by Crippen LogP contribution is -2.28. The maximum absolute atomic E-state index is 11.4. The van der Waals surface area contributed by atoms with Crippen LogP contribution in [0.1, 0.15) is 12.6 Å². The van der Waals surface area contributed by atoms with Crippen molar-refractivity contribution in [2.75, 3.05) is 5.43 Å². The van der Waals surface area contributed by atoms with E-state index in [2.05, 4.69) is 5.43 Å². The number of hydrogen-bond donors (Lipinski definition) is 2. The van der Waals surface area contributed by atoms with Gasteiger partial charge in [0.05, 0.1) is 11.2 Å². The van der Waals surface area contributed by atoms with Crippen LogP contribution in [-0.4, -0.2) is 16.3 Å². The van der Waals surface area contributed by atoms with Gasteiger partial charge in [-0.3, -0.25) is 20.3 Å². The van der Waals surface area contributed by atoms with Crippen molar-refractivity contribution < 1.29 is 4.79 Å². The number of nitrogens with one attached hydrogen (secondary N) is 2. The highest BCUT2D eigenvalue weighted by Gasteiger charge is 2.09. The lowest BCUT2D eigenvalue weighted by Gasteiger charge is -2.09. The van der Waals surface area contributed by atoms with Crippen LogP contribution >= 0.6 is 0 Å². The lowest BCUT2D eigenvalue weighted by atomic mass is 10.2. The van der Waals surface area contributed by atoms with Gasteiger partial charge < -0.3 is 0 Å². The van der Waals surface area contributed by atoms with Gasteiger partial charge in [-0.2, -0.15) is 0 Å². The zero-order valence-corrected chi connectivity index (χ0v) is 9.24. The van der Waals surface area contributed by atoms with Crippen LogP contribution in [0.2, 0.25) is 0 Å². The SMILES string of the molecule is CC(=N)C(=O)Nn1c(C)cc2ccccc21. The van der Waals surface area contributed by atoms with E-state index in [1.165, 1.54) is 6.92 Å². The molecular weight excluding hydrogens is 202 g/mol. The quantitative estimate of drug-likeness (QED) is 0.740. The summed E-state index contributed by atoms with van der Waals surface area (Å²) in [5.41, 5.74) is 4.56. The van der Waals surface area contributed by atoms with Crippen LogP contribution in [0.5, 0.6) is 0 Å². The van der Waals surface area contributed by atoms with E-state index < -0.39 is 0 Å². The number of rotatable bonds is 2. The smallest absolute Gasteiger partial charge is 0.283 e. The summed E-state index contributed by atoms with van der Waals surface area (Å²) >= 11 is 0. The number of para-hydroxylation sites is 1. The summed E-state index contributed by atoms with van der Waals surface area (Å²) in [6.45, 7) is 3.38. The van der Waals surface area contributed by atoms with Crippen molar-refractivity contribution in [3.8, 4) is 0 Å². The van der Waals surface area contributed by atoms with Gasteiger partial charge in [-0.05, 0) is 26.0 Å². The monoisotopic (exact) mass is 215 g/mol. The minimum Gasteiger partial charge on any atom is -0.300 e. The molecule has 0 fully saturated rings. The zero-order valence-electron chi connectivity index (χ0n) is 9.24. The van der Waals surface area contributed by atoms with Crippen molar-refractivity contribution in [3.05, 3.63) is 36.0 Å². The van der Waals surface area contributed by atoms with Crippen molar-refractivity contribution >= 4 is 22.5 Å².